The van der Waals surface area contributed by atoms with Gasteiger partial charge in [-0.25, -0.2) is 4.79 Å². The number of hydrogen-bond donors (Lipinski definition) is 1. The summed E-state index contributed by atoms with van der Waals surface area (Å²) in [5.74, 6) is 0.281. The molecule has 0 radical (unpaired) electrons. The number of methoxy groups -OCH3 is 1. The van der Waals surface area contributed by atoms with Crippen LogP contribution in [0.15, 0.2) is 24.3 Å². The zero-order valence-corrected chi connectivity index (χ0v) is 9.80. The van der Waals surface area contributed by atoms with Crippen molar-refractivity contribution in [2.75, 3.05) is 7.11 Å². The van der Waals surface area contributed by atoms with Gasteiger partial charge in [0.2, 0.25) is 6.41 Å². The van der Waals surface area contributed by atoms with Crippen LogP contribution < -0.4 is 10.1 Å². The van der Waals surface area contributed by atoms with E-state index >= 15 is 0 Å². The van der Waals surface area contributed by atoms with Gasteiger partial charge in [0.05, 0.1) is 7.11 Å². The van der Waals surface area contributed by atoms with Crippen molar-refractivity contribution in [3.8, 4) is 5.75 Å². The Bertz CT molecular complexity index is 375. The van der Waals surface area contributed by atoms with Crippen LogP contribution in [0.3, 0.4) is 0 Å². The van der Waals surface area contributed by atoms with Crippen LogP contribution in [-0.2, 0) is 20.9 Å². The van der Waals surface area contributed by atoms with E-state index in [1.54, 1.807) is 26.2 Å². The highest BCUT2D eigenvalue weighted by Crippen LogP contribution is 2.12. The second kappa shape index (κ2) is 6.52. The lowest BCUT2D eigenvalue weighted by molar-refractivity contribution is -0.147. The highest BCUT2D eigenvalue weighted by Gasteiger charge is 2.12. The van der Waals surface area contributed by atoms with Crippen LogP contribution in [-0.4, -0.2) is 25.5 Å². The minimum absolute atomic E-state index is 0.174. The molecule has 0 fully saturated rings. The lowest BCUT2D eigenvalue weighted by Gasteiger charge is -2.10. The van der Waals surface area contributed by atoms with Crippen LogP contribution in [0.25, 0.3) is 0 Å². The molecule has 0 heterocycles. The summed E-state index contributed by atoms with van der Waals surface area (Å²) >= 11 is 0. The molecule has 0 bridgehead atoms. The van der Waals surface area contributed by atoms with E-state index < -0.39 is 12.0 Å². The Morgan fingerprint density at radius 3 is 2.59 bits per heavy atom. The van der Waals surface area contributed by atoms with Crippen LogP contribution >= 0.6 is 0 Å². The molecule has 1 aromatic carbocycles. The van der Waals surface area contributed by atoms with E-state index in [0.29, 0.717) is 6.41 Å². The topological polar surface area (TPSA) is 64.6 Å². The Kier molecular flexibility index (Phi) is 5.00. The van der Waals surface area contributed by atoms with Crippen molar-refractivity contribution in [3.05, 3.63) is 29.8 Å². The van der Waals surface area contributed by atoms with Gasteiger partial charge in [-0.3, -0.25) is 4.79 Å². The van der Waals surface area contributed by atoms with Crippen LogP contribution in [0.2, 0.25) is 0 Å². The Balaban J connectivity index is 2.44. The Hall–Kier alpha value is -2.04. The number of rotatable bonds is 6. The van der Waals surface area contributed by atoms with Gasteiger partial charge in [0.15, 0.2) is 0 Å². The SMILES string of the molecule is COc1ccc(COC(=O)[C@H](C)NC=O)cc1. The normalized spacial score (nSPS) is 11.4. The highest BCUT2D eigenvalue weighted by molar-refractivity contribution is 5.77. The monoisotopic (exact) mass is 237 g/mol. The maximum Gasteiger partial charge on any atom is 0.328 e. The lowest BCUT2D eigenvalue weighted by Crippen LogP contribution is -2.34. The predicted molar refractivity (Wildman–Crippen MR) is 61.5 cm³/mol. The fourth-order valence-corrected chi connectivity index (χ4v) is 1.17. The van der Waals surface area contributed by atoms with E-state index in [2.05, 4.69) is 5.32 Å². The van der Waals surface area contributed by atoms with E-state index in [9.17, 15) is 9.59 Å². The smallest absolute Gasteiger partial charge is 0.328 e. The van der Waals surface area contributed by atoms with Crippen LogP contribution in [0.5, 0.6) is 5.75 Å². The van der Waals surface area contributed by atoms with Crippen LogP contribution in [0, 0.1) is 0 Å². The molecule has 0 aliphatic rings. The van der Waals surface area contributed by atoms with E-state index in [-0.39, 0.29) is 6.61 Å². The molecule has 0 saturated heterocycles. The van der Waals surface area contributed by atoms with Crippen LogP contribution in [0.1, 0.15) is 12.5 Å². The molecule has 0 aromatic heterocycles. The molecule has 0 spiro atoms. The number of nitrogens with one attached hydrogen (secondary N) is 1. The first-order valence-electron chi connectivity index (χ1n) is 5.16. The lowest BCUT2D eigenvalue weighted by atomic mass is 10.2. The first kappa shape index (κ1) is 13.0. The average molecular weight is 237 g/mol. The van der Waals surface area contributed by atoms with Gasteiger partial charge < -0.3 is 14.8 Å². The maximum atomic E-state index is 11.4. The molecular formula is C12H15NO4. The standard InChI is InChI=1S/C12H15NO4/c1-9(13-8-14)12(15)17-7-10-3-5-11(16-2)6-4-10/h3-6,8-9H,7H2,1-2H3,(H,13,14)/t9-/m0/s1. The third-order valence-electron chi connectivity index (χ3n) is 2.21. The van der Waals surface area contributed by atoms with Gasteiger partial charge in [0, 0.05) is 0 Å². The summed E-state index contributed by atoms with van der Waals surface area (Å²) in [4.78, 5) is 21.5. The molecule has 1 N–H and O–H groups in total. The van der Waals surface area contributed by atoms with Crippen molar-refractivity contribution in [1.29, 1.82) is 0 Å². The number of carbonyl (C=O) groups excluding carboxylic acids is 2. The second-order valence-electron chi connectivity index (χ2n) is 3.46. The fourth-order valence-electron chi connectivity index (χ4n) is 1.17. The van der Waals surface area contributed by atoms with E-state index in [1.807, 2.05) is 12.1 Å². The van der Waals surface area contributed by atoms with E-state index in [1.165, 1.54) is 0 Å². The molecule has 1 amide bonds. The minimum atomic E-state index is -0.634. The Morgan fingerprint density at radius 2 is 2.06 bits per heavy atom. The molecule has 92 valence electrons. The molecule has 0 unspecified atom stereocenters. The van der Waals surface area contributed by atoms with Gasteiger partial charge in [-0.05, 0) is 24.6 Å². The first-order chi connectivity index (χ1) is 8.17. The summed E-state index contributed by atoms with van der Waals surface area (Å²) in [6, 6.07) is 6.56. The number of benzene rings is 1. The number of ether oxygens (including phenoxy) is 2. The quantitative estimate of drug-likeness (QED) is 0.589. The number of carbonyl (C=O) groups is 2. The summed E-state index contributed by atoms with van der Waals surface area (Å²) in [6.45, 7) is 1.73. The molecule has 5 heteroatoms. The van der Waals surface area contributed by atoms with Gasteiger partial charge in [-0.2, -0.15) is 0 Å². The molecule has 1 rings (SSSR count). The summed E-state index contributed by atoms with van der Waals surface area (Å²) in [5.41, 5.74) is 0.859. The second-order valence-corrected chi connectivity index (χ2v) is 3.46. The molecule has 0 saturated carbocycles. The highest BCUT2D eigenvalue weighted by atomic mass is 16.5. The van der Waals surface area contributed by atoms with Crippen molar-refractivity contribution in [2.24, 2.45) is 0 Å². The first-order valence-corrected chi connectivity index (χ1v) is 5.16. The van der Waals surface area contributed by atoms with Crippen molar-refractivity contribution < 1.29 is 19.1 Å². The van der Waals surface area contributed by atoms with Crippen molar-refractivity contribution in [1.82, 2.24) is 5.32 Å². The maximum absolute atomic E-state index is 11.4. The van der Waals surface area contributed by atoms with Crippen molar-refractivity contribution in [2.45, 2.75) is 19.6 Å². The average Bonchev–Trinajstić information content (AvgIpc) is 2.36. The summed E-state index contributed by atoms with van der Waals surface area (Å²) in [5, 5.41) is 2.32. The van der Waals surface area contributed by atoms with Crippen molar-refractivity contribution in [3.63, 3.8) is 0 Å². The molecule has 5 nitrogen and oxygen atoms in total. The molecule has 17 heavy (non-hydrogen) atoms. The summed E-state index contributed by atoms with van der Waals surface area (Å²) in [6.07, 6.45) is 0.472. The van der Waals surface area contributed by atoms with Gasteiger partial charge in [-0.15, -0.1) is 0 Å². The Morgan fingerprint density at radius 1 is 1.41 bits per heavy atom. The zero-order chi connectivity index (χ0) is 12.7. The molecular weight excluding hydrogens is 222 g/mol. The van der Waals surface area contributed by atoms with Gasteiger partial charge in [0.1, 0.15) is 18.4 Å². The molecule has 0 aliphatic carbocycles. The summed E-state index contributed by atoms with van der Waals surface area (Å²) in [7, 11) is 1.59. The van der Waals surface area contributed by atoms with E-state index in [0.717, 1.165) is 11.3 Å². The van der Waals surface area contributed by atoms with Gasteiger partial charge >= 0.3 is 5.97 Å². The van der Waals surface area contributed by atoms with Gasteiger partial charge in [-0.1, -0.05) is 12.1 Å². The third-order valence-corrected chi connectivity index (χ3v) is 2.21. The molecule has 1 atom stereocenters. The summed E-state index contributed by atoms with van der Waals surface area (Å²) < 4.78 is 10.0. The van der Waals surface area contributed by atoms with Crippen molar-refractivity contribution >= 4 is 12.4 Å². The number of hydrogen-bond acceptors (Lipinski definition) is 4. The number of esters is 1. The zero-order valence-electron chi connectivity index (χ0n) is 9.80. The van der Waals surface area contributed by atoms with Crippen LogP contribution in [0.4, 0.5) is 0 Å². The molecule has 1 aromatic rings. The van der Waals surface area contributed by atoms with Gasteiger partial charge in [0.25, 0.3) is 0 Å². The fraction of sp³-hybridized carbons (Fsp3) is 0.333. The Labute approximate surface area is 99.7 Å². The largest absolute Gasteiger partial charge is 0.497 e. The third kappa shape index (κ3) is 4.14. The minimum Gasteiger partial charge on any atom is -0.497 e. The van der Waals surface area contributed by atoms with E-state index in [4.69, 9.17) is 9.47 Å². The molecule has 0 aliphatic heterocycles. The number of amides is 1. The predicted octanol–water partition coefficient (Wildman–Crippen LogP) is 0.873.